The van der Waals surface area contributed by atoms with Gasteiger partial charge in [-0.25, -0.2) is 0 Å². The van der Waals surface area contributed by atoms with E-state index in [1.54, 1.807) is 0 Å². The fraction of sp³-hybridized carbons (Fsp3) is 0. The van der Waals surface area contributed by atoms with Crippen LogP contribution in [-0.4, -0.2) is 33.4 Å². The SMILES string of the molecule is O=[Si](O)O[Si](=O)O.[Na+].[OH-]. The van der Waals surface area contributed by atoms with Crippen LogP contribution in [0.15, 0.2) is 0 Å². The fourth-order valence-corrected chi connectivity index (χ4v) is 0.672. The van der Waals surface area contributed by atoms with Gasteiger partial charge in [0.2, 0.25) is 0 Å². The molecule has 0 rings (SSSR count). The Labute approximate surface area is 75.9 Å². The van der Waals surface area contributed by atoms with Gasteiger partial charge in [-0.1, -0.05) is 0 Å². The number of hydrogen-bond donors (Lipinski definition) is 2. The van der Waals surface area contributed by atoms with Gasteiger partial charge in [-0.2, -0.15) is 0 Å². The Kier molecular flexibility index (Phi) is 15.1. The van der Waals surface area contributed by atoms with Crippen molar-refractivity contribution in [2.45, 2.75) is 0 Å². The molecule has 0 aromatic rings. The normalized spacial score (nSPS) is 5.78. The van der Waals surface area contributed by atoms with Gasteiger partial charge >= 0.3 is 47.9 Å². The second-order valence-electron chi connectivity index (χ2n) is 0.634. The van der Waals surface area contributed by atoms with Crippen LogP contribution < -0.4 is 29.6 Å². The first-order chi connectivity index (χ1) is 3.13. The third-order valence-electron chi connectivity index (χ3n) is 0.175. The zero-order chi connectivity index (χ0) is 5.86. The summed E-state index contributed by atoms with van der Waals surface area (Å²) in [4.78, 5) is 15.4. The van der Waals surface area contributed by atoms with Crippen molar-refractivity contribution in [3.8, 4) is 0 Å². The summed E-state index contributed by atoms with van der Waals surface area (Å²) in [5.41, 5.74) is 0. The zero-order valence-electron chi connectivity index (χ0n) is 4.57. The molecule has 0 atom stereocenters. The molecular formula is H3NaO6Si2. The van der Waals surface area contributed by atoms with Crippen molar-refractivity contribution < 1.29 is 57.7 Å². The smallest absolute Gasteiger partial charge is 0.870 e. The minimum atomic E-state index is -3.20. The van der Waals surface area contributed by atoms with E-state index in [9.17, 15) is 8.92 Å². The molecule has 0 radical (unpaired) electrons. The Bertz CT molecular complexity index is 87.2. The molecule has 0 aliphatic rings. The molecule has 0 fully saturated rings. The predicted molar refractivity (Wildman–Crippen MR) is 20.3 cm³/mol. The van der Waals surface area contributed by atoms with Crippen LogP contribution in [0, 0.1) is 0 Å². The molecule has 0 aliphatic carbocycles. The van der Waals surface area contributed by atoms with Crippen LogP contribution in [-0.2, 0) is 13.0 Å². The maximum absolute atomic E-state index is 9.44. The molecule has 9 heteroatoms. The molecule has 6 nitrogen and oxygen atoms in total. The van der Waals surface area contributed by atoms with Gasteiger partial charge in [0, 0.05) is 0 Å². The second kappa shape index (κ2) is 8.39. The molecule has 0 aromatic heterocycles. The molecular weight excluding hydrogens is 175 g/mol. The monoisotopic (exact) mass is 178 g/mol. The van der Waals surface area contributed by atoms with Crippen molar-refractivity contribution in [1.29, 1.82) is 0 Å². The Morgan fingerprint density at radius 1 is 1.11 bits per heavy atom. The molecule has 0 saturated carbocycles. The van der Waals surface area contributed by atoms with Crippen LogP contribution in [0.2, 0.25) is 0 Å². The van der Waals surface area contributed by atoms with E-state index in [0.29, 0.717) is 0 Å². The first-order valence-electron chi connectivity index (χ1n) is 1.26. The molecule has 0 heterocycles. The summed E-state index contributed by atoms with van der Waals surface area (Å²) in [5.74, 6) is 0. The van der Waals surface area contributed by atoms with E-state index in [2.05, 4.69) is 4.12 Å². The van der Waals surface area contributed by atoms with Gasteiger partial charge in [0.1, 0.15) is 0 Å². The summed E-state index contributed by atoms with van der Waals surface area (Å²) < 4.78 is 22.3. The van der Waals surface area contributed by atoms with E-state index in [1.165, 1.54) is 0 Å². The van der Waals surface area contributed by atoms with Crippen molar-refractivity contribution in [3.05, 3.63) is 0 Å². The van der Waals surface area contributed by atoms with E-state index < -0.39 is 18.3 Å². The third kappa shape index (κ3) is 17.8. The quantitative estimate of drug-likeness (QED) is 0.408. The minimum absolute atomic E-state index is 0. The summed E-state index contributed by atoms with van der Waals surface area (Å²) in [6.45, 7) is 0. The second-order valence-corrected chi connectivity index (χ2v) is 2.51. The van der Waals surface area contributed by atoms with Gasteiger partial charge in [-0.3, -0.25) is 8.92 Å². The van der Waals surface area contributed by atoms with Crippen molar-refractivity contribution in [3.63, 3.8) is 0 Å². The van der Waals surface area contributed by atoms with E-state index in [4.69, 9.17) is 9.59 Å². The maximum atomic E-state index is 9.44. The Morgan fingerprint density at radius 3 is 1.33 bits per heavy atom. The van der Waals surface area contributed by atoms with Gasteiger partial charge in [-0.05, 0) is 0 Å². The van der Waals surface area contributed by atoms with Crippen LogP contribution in [0.25, 0.3) is 0 Å². The maximum Gasteiger partial charge on any atom is 1.00 e. The molecule has 0 saturated heterocycles. The standard InChI is InChI=1S/Na.H2O5Si2.H2O/c;1-6(2)5-7(3)4;/h;1,3H;1H2/q+1;;/p-1. The first kappa shape index (κ1) is 16.2. The minimum Gasteiger partial charge on any atom is -0.870 e. The molecule has 0 unspecified atom stereocenters. The molecule has 9 heavy (non-hydrogen) atoms. The predicted octanol–water partition coefficient (Wildman–Crippen LogP) is -5.35. The zero-order valence-corrected chi connectivity index (χ0v) is 8.57. The van der Waals surface area contributed by atoms with E-state index in [0.717, 1.165) is 0 Å². The van der Waals surface area contributed by atoms with Crippen molar-refractivity contribution in [2.75, 3.05) is 0 Å². The largest absolute Gasteiger partial charge is 1.00 e. The van der Waals surface area contributed by atoms with Crippen LogP contribution >= 0.6 is 0 Å². The van der Waals surface area contributed by atoms with Crippen LogP contribution in [0.1, 0.15) is 0 Å². The number of rotatable bonds is 2. The summed E-state index contributed by atoms with van der Waals surface area (Å²) in [7, 11) is -6.40. The first-order valence-corrected chi connectivity index (χ1v) is 3.79. The molecule has 0 bridgehead atoms. The Hall–Kier alpha value is 0.394. The molecule has 0 spiro atoms. The third-order valence-corrected chi connectivity index (χ3v) is 1.57. The molecule has 3 N–H and O–H groups in total. The van der Waals surface area contributed by atoms with E-state index in [1.807, 2.05) is 0 Å². The average molecular weight is 178 g/mol. The summed E-state index contributed by atoms with van der Waals surface area (Å²) in [6, 6.07) is 0. The van der Waals surface area contributed by atoms with Crippen LogP contribution in [0.4, 0.5) is 0 Å². The fourth-order valence-electron chi connectivity index (χ4n) is 0.0747. The molecule has 0 aromatic carbocycles. The summed E-state index contributed by atoms with van der Waals surface area (Å²) in [5, 5.41) is 0. The van der Waals surface area contributed by atoms with Gasteiger partial charge in [0.05, 0.1) is 0 Å². The van der Waals surface area contributed by atoms with Gasteiger partial charge in [-0.15, -0.1) is 0 Å². The van der Waals surface area contributed by atoms with Gasteiger partial charge < -0.3 is 19.2 Å². The van der Waals surface area contributed by atoms with Gasteiger partial charge in [0.15, 0.2) is 0 Å². The van der Waals surface area contributed by atoms with Crippen LogP contribution in [0.3, 0.4) is 0 Å². The molecule has 0 amide bonds. The molecule has 0 aliphatic heterocycles. The van der Waals surface area contributed by atoms with E-state index in [-0.39, 0.29) is 35.0 Å². The Morgan fingerprint density at radius 2 is 1.33 bits per heavy atom. The van der Waals surface area contributed by atoms with Crippen LogP contribution in [0.5, 0.6) is 0 Å². The average Bonchev–Trinajstić information content (AvgIpc) is 1.27. The molecule has 48 valence electrons. The van der Waals surface area contributed by atoms with Crippen molar-refractivity contribution >= 4 is 18.3 Å². The topological polar surface area (TPSA) is 114 Å². The Balaban J connectivity index is -0.000000180. The van der Waals surface area contributed by atoms with E-state index >= 15 is 0 Å². The summed E-state index contributed by atoms with van der Waals surface area (Å²) >= 11 is 0. The van der Waals surface area contributed by atoms with Crippen molar-refractivity contribution in [2.24, 2.45) is 0 Å². The summed E-state index contributed by atoms with van der Waals surface area (Å²) in [6.07, 6.45) is 0. The van der Waals surface area contributed by atoms with Gasteiger partial charge in [0.25, 0.3) is 0 Å². The van der Waals surface area contributed by atoms with Crippen molar-refractivity contribution in [1.82, 2.24) is 0 Å². The number of hydrogen-bond acceptors (Lipinski definition) is 4.